The molecule has 16 heavy (non-hydrogen) atoms. The van der Waals surface area contributed by atoms with Gasteiger partial charge in [0.25, 0.3) is 0 Å². The molecule has 1 heterocycles. The van der Waals surface area contributed by atoms with Gasteiger partial charge in [-0.15, -0.1) is 5.10 Å². The number of rotatable bonds is 5. The molecule has 0 radical (unpaired) electrons. The molecule has 1 unspecified atom stereocenters. The summed E-state index contributed by atoms with van der Waals surface area (Å²) in [5.74, 6) is -1.30. The van der Waals surface area contributed by atoms with Gasteiger partial charge >= 0.3 is 5.97 Å². The summed E-state index contributed by atoms with van der Waals surface area (Å²) in [4.78, 5) is 21.6. The van der Waals surface area contributed by atoms with Gasteiger partial charge in [0.2, 0.25) is 11.1 Å². The number of amides is 1. The lowest BCUT2D eigenvalue weighted by molar-refractivity contribution is -0.140. The van der Waals surface area contributed by atoms with Crippen molar-refractivity contribution in [3.8, 4) is 0 Å². The van der Waals surface area contributed by atoms with Crippen LogP contribution in [0.25, 0.3) is 0 Å². The first-order valence-electron chi connectivity index (χ1n) is 4.35. The molecule has 1 aromatic rings. The zero-order valence-corrected chi connectivity index (χ0v) is 9.56. The number of carboxylic acid groups (broad SMARTS) is 1. The van der Waals surface area contributed by atoms with Gasteiger partial charge in [0, 0.05) is 19.7 Å². The molecular formula is C7H11N5O3S. The molecule has 8 nitrogen and oxygen atoms in total. The number of aromatic nitrogens is 4. The average molecular weight is 245 g/mol. The Hall–Kier alpha value is -1.64. The van der Waals surface area contributed by atoms with Gasteiger partial charge in [-0.05, 0) is 10.4 Å². The Morgan fingerprint density at radius 3 is 2.75 bits per heavy atom. The zero-order chi connectivity index (χ0) is 12.1. The van der Waals surface area contributed by atoms with E-state index >= 15 is 0 Å². The predicted octanol–water partition coefficient (Wildman–Crippen LogP) is -1.11. The first kappa shape index (κ1) is 12.4. The van der Waals surface area contributed by atoms with Gasteiger partial charge in [0.1, 0.15) is 6.04 Å². The minimum atomic E-state index is -1.09. The van der Waals surface area contributed by atoms with E-state index in [1.54, 1.807) is 7.05 Å². The molecule has 0 aliphatic heterocycles. The van der Waals surface area contributed by atoms with Gasteiger partial charge in [-0.2, -0.15) is 0 Å². The van der Waals surface area contributed by atoms with E-state index in [9.17, 15) is 9.59 Å². The van der Waals surface area contributed by atoms with Crippen molar-refractivity contribution in [1.82, 2.24) is 25.5 Å². The molecule has 1 atom stereocenters. The lowest BCUT2D eigenvalue weighted by atomic mass is 10.3. The minimum absolute atomic E-state index is 0.170. The summed E-state index contributed by atoms with van der Waals surface area (Å²) in [5, 5.41) is 22.4. The van der Waals surface area contributed by atoms with Crippen LogP contribution in [0.2, 0.25) is 0 Å². The Morgan fingerprint density at radius 2 is 2.31 bits per heavy atom. The third-order valence-electron chi connectivity index (χ3n) is 1.64. The van der Waals surface area contributed by atoms with Crippen LogP contribution in [-0.2, 0) is 16.6 Å². The highest BCUT2D eigenvalue weighted by Crippen LogP contribution is 2.13. The van der Waals surface area contributed by atoms with E-state index in [1.807, 2.05) is 0 Å². The zero-order valence-electron chi connectivity index (χ0n) is 8.75. The van der Waals surface area contributed by atoms with Crippen molar-refractivity contribution in [1.29, 1.82) is 0 Å². The van der Waals surface area contributed by atoms with Gasteiger partial charge < -0.3 is 10.4 Å². The van der Waals surface area contributed by atoms with Crippen molar-refractivity contribution in [2.24, 2.45) is 7.05 Å². The highest BCUT2D eigenvalue weighted by Gasteiger charge is 2.19. The van der Waals surface area contributed by atoms with Gasteiger partial charge in [0.05, 0.1) is 0 Å². The molecule has 2 N–H and O–H groups in total. The standard InChI is InChI=1S/C7H11N5O3S/c1-4(13)8-5(6(14)15)3-16-7-9-10-11-12(7)2/h5H,3H2,1-2H3,(H,8,13)(H,14,15). The van der Waals surface area contributed by atoms with Crippen LogP contribution in [0, 0.1) is 0 Å². The molecule has 0 saturated heterocycles. The molecule has 0 saturated carbocycles. The normalized spacial score (nSPS) is 12.1. The maximum absolute atomic E-state index is 10.8. The summed E-state index contributed by atoms with van der Waals surface area (Å²) < 4.78 is 1.43. The van der Waals surface area contributed by atoms with Crippen LogP contribution in [0.4, 0.5) is 0 Å². The summed E-state index contributed by atoms with van der Waals surface area (Å²) in [5.41, 5.74) is 0. The highest BCUT2D eigenvalue weighted by atomic mass is 32.2. The van der Waals surface area contributed by atoms with Crippen LogP contribution in [0.5, 0.6) is 0 Å². The number of aliphatic carboxylic acids is 1. The fraction of sp³-hybridized carbons (Fsp3) is 0.571. The number of aryl methyl sites for hydroxylation is 1. The van der Waals surface area contributed by atoms with Crippen molar-refractivity contribution in [3.05, 3.63) is 0 Å². The molecule has 1 aromatic heterocycles. The number of carbonyl (C=O) groups excluding carboxylic acids is 1. The van der Waals surface area contributed by atoms with Crippen LogP contribution >= 0.6 is 11.8 Å². The first-order valence-corrected chi connectivity index (χ1v) is 5.34. The lowest BCUT2D eigenvalue weighted by Crippen LogP contribution is -2.41. The molecule has 1 rings (SSSR count). The van der Waals surface area contributed by atoms with E-state index in [1.165, 1.54) is 11.6 Å². The number of hydrogen-bond donors (Lipinski definition) is 2. The van der Waals surface area contributed by atoms with Crippen molar-refractivity contribution < 1.29 is 14.7 Å². The van der Waals surface area contributed by atoms with Gasteiger partial charge in [-0.1, -0.05) is 11.8 Å². The predicted molar refractivity (Wildman–Crippen MR) is 54.8 cm³/mol. The van der Waals surface area contributed by atoms with Gasteiger partial charge in [0.15, 0.2) is 0 Å². The molecule has 0 aliphatic rings. The number of tetrazole rings is 1. The largest absolute Gasteiger partial charge is 0.480 e. The molecule has 1 amide bonds. The van der Waals surface area contributed by atoms with Gasteiger partial charge in [-0.3, -0.25) is 4.79 Å². The molecule has 0 bridgehead atoms. The number of nitrogens with zero attached hydrogens (tertiary/aromatic N) is 4. The van der Waals surface area contributed by atoms with Gasteiger partial charge in [-0.25, -0.2) is 9.48 Å². The summed E-state index contributed by atoms with van der Waals surface area (Å²) in [6, 6.07) is -0.945. The van der Waals surface area contributed by atoms with E-state index < -0.39 is 12.0 Å². The van der Waals surface area contributed by atoms with Crippen LogP contribution in [0.1, 0.15) is 6.92 Å². The maximum atomic E-state index is 10.8. The SMILES string of the molecule is CC(=O)NC(CSc1nnnn1C)C(=O)O. The fourth-order valence-corrected chi connectivity index (χ4v) is 1.78. The minimum Gasteiger partial charge on any atom is -0.480 e. The smallest absolute Gasteiger partial charge is 0.327 e. The van der Waals surface area contributed by atoms with E-state index in [0.29, 0.717) is 5.16 Å². The topological polar surface area (TPSA) is 110 Å². The number of thioether (sulfide) groups is 1. The number of nitrogens with one attached hydrogen (secondary N) is 1. The number of carbonyl (C=O) groups is 2. The molecular weight excluding hydrogens is 234 g/mol. The maximum Gasteiger partial charge on any atom is 0.327 e. The Labute approximate surface area is 95.4 Å². The summed E-state index contributed by atoms with van der Waals surface area (Å²) in [6.45, 7) is 1.27. The molecule has 88 valence electrons. The van der Waals surface area contributed by atoms with Crippen molar-refractivity contribution in [3.63, 3.8) is 0 Å². The van der Waals surface area contributed by atoms with Crippen molar-refractivity contribution in [2.75, 3.05) is 5.75 Å². The van der Waals surface area contributed by atoms with Crippen molar-refractivity contribution >= 4 is 23.6 Å². The quantitative estimate of drug-likeness (QED) is 0.633. The van der Waals surface area contributed by atoms with Crippen molar-refractivity contribution in [2.45, 2.75) is 18.1 Å². The van der Waals surface area contributed by atoms with E-state index in [-0.39, 0.29) is 11.7 Å². The van der Waals surface area contributed by atoms with Crippen LogP contribution in [0.3, 0.4) is 0 Å². The second kappa shape index (κ2) is 5.45. The highest BCUT2D eigenvalue weighted by molar-refractivity contribution is 7.99. The van der Waals surface area contributed by atoms with E-state index in [2.05, 4.69) is 20.8 Å². The second-order valence-electron chi connectivity index (χ2n) is 2.99. The first-order chi connectivity index (χ1) is 7.50. The van der Waals surface area contributed by atoms with Crippen LogP contribution < -0.4 is 5.32 Å². The summed E-state index contributed by atoms with van der Waals surface area (Å²) in [6.07, 6.45) is 0. The van der Waals surface area contributed by atoms with Crippen LogP contribution in [0.15, 0.2) is 5.16 Å². The Kier molecular flexibility index (Phi) is 4.23. The summed E-state index contributed by atoms with van der Waals surface area (Å²) in [7, 11) is 1.65. The average Bonchev–Trinajstić information content (AvgIpc) is 2.57. The Morgan fingerprint density at radius 1 is 1.62 bits per heavy atom. The lowest BCUT2D eigenvalue weighted by Gasteiger charge is -2.11. The number of hydrogen-bond acceptors (Lipinski definition) is 6. The Bertz CT molecular complexity index is 393. The molecule has 0 fully saturated rings. The second-order valence-corrected chi connectivity index (χ2v) is 3.97. The Balaban J connectivity index is 2.53. The molecule has 9 heteroatoms. The monoisotopic (exact) mass is 245 g/mol. The van der Waals surface area contributed by atoms with E-state index in [0.717, 1.165) is 11.8 Å². The number of carboxylic acids is 1. The van der Waals surface area contributed by atoms with E-state index in [4.69, 9.17) is 5.11 Å². The third-order valence-corrected chi connectivity index (χ3v) is 2.74. The van der Waals surface area contributed by atoms with Crippen LogP contribution in [-0.4, -0.2) is 49.0 Å². The molecule has 0 aromatic carbocycles. The summed E-state index contributed by atoms with van der Waals surface area (Å²) >= 11 is 1.16. The molecule has 0 spiro atoms. The fourth-order valence-electron chi connectivity index (χ4n) is 0.921. The molecule has 0 aliphatic carbocycles. The third kappa shape index (κ3) is 3.50.